The van der Waals surface area contributed by atoms with Gasteiger partial charge in [0, 0.05) is 16.9 Å². The Morgan fingerprint density at radius 3 is 1.62 bits per heavy atom. The molecule has 0 aliphatic heterocycles. The van der Waals surface area contributed by atoms with Gasteiger partial charge in [-0.05, 0) is 19.1 Å². The van der Waals surface area contributed by atoms with Gasteiger partial charge in [0.1, 0.15) is 0 Å². The van der Waals surface area contributed by atoms with Crippen molar-refractivity contribution in [1.82, 2.24) is 0 Å². The Balaban J connectivity index is 0. The molecule has 0 saturated heterocycles. The minimum absolute atomic E-state index is 0.777. The standard InChI is InChI=1S/C7H8OS.2C2H6/c1-6-2-4-7(9-8)5-3-6;2*1-2/h2-5,8H,1H3;2*1-2H3. The lowest BCUT2D eigenvalue weighted by atomic mass is 10.2. The number of benzene rings is 1. The molecule has 0 fully saturated rings. The SMILES string of the molecule is CC.CC.Cc1ccc(SO)cc1. The predicted molar refractivity (Wildman–Crippen MR) is 62.4 cm³/mol. The Bertz CT molecular complexity index is 182. The molecule has 0 aliphatic rings. The van der Waals surface area contributed by atoms with Gasteiger partial charge in [-0.1, -0.05) is 45.4 Å². The van der Waals surface area contributed by atoms with Gasteiger partial charge in [0.25, 0.3) is 0 Å². The fourth-order valence-corrected chi connectivity index (χ4v) is 0.857. The van der Waals surface area contributed by atoms with Crippen molar-refractivity contribution in [3.05, 3.63) is 29.8 Å². The average molecular weight is 200 g/mol. The summed E-state index contributed by atoms with van der Waals surface area (Å²) in [6, 6.07) is 7.72. The highest BCUT2D eigenvalue weighted by atomic mass is 32.2. The summed E-state index contributed by atoms with van der Waals surface area (Å²) < 4.78 is 8.55. The second-order valence-corrected chi connectivity index (χ2v) is 2.56. The quantitative estimate of drug-likeness (QED) is 0.668. The summed E-state index contributed by atoms with van der Waals surface area (Å²) in [4.78, 5) is 0.889. The summed E-state index contributed by atoms with van der Waals surface area (Å²) in [7, 11) is 0. The van der Waals surface area contributed by atoms with Crippen LogP contribution in [-0.4, -0.2) is 4.55 Å². The van der Waals surface area contributed by atoms with Crippen LogP contribution in [0.5, 0.6) is 0 Å². The molecule has 0 aliphatic carbocycles. The van der Waals surface area contributed by atoms with E-state index in [2.05, 4.69) is 0 Å². The summed E-state index contributed by atoms with van der Waals surface area (Å²) in [5, 5.41) is 0. The molecule has 0 saturated carbocycles. The van der Waals surface area contributed by atoms with Crippen molar-refractivity contribution in [3.8, 4) is 0 Å². The van der Waals surface area contributed by atoms with Crippen LogP contribution in [0.4, 0.5) is 0 Å². The molecule has 76 valence electrons. The number of rotatable bonds is 1. The van der Waals surface area contributed by atoms with E-state index in [-0.39, 0.29) is 0 Å². The van der Waals surface area contributed by atoms with Crippen molar-refractivity contribution in [2.75, 3.05) is 0 Å². The van der Waals surface area contributed by atoms with E-state index in [1.165, 1.54) is 5.56 Å². The van der Waals surface area contributed by atoms with E-state index in [0.29, 0.717) is 0 Å². The number of aryl methyl sites for hydroxylation is 1. The summed E-state index contributed by atoms with van der Waals surface area (Å²) in [6.07, 6.45) is 0. The van der Waals surface area contributed by atoms with E-state index in [1.54, 1.807) is 0 Å². The maximum atomic E-state index is 8.55. The summed E-state index contributed by atoms with van der Waals surface area (Å²) in [5.41, 5.74) is 1.22. The van der Waals surface area contributed by atoms with Crippen LogP contribution in [0.25, 0.3) is 0 Å². The Morgan fingerprint density at radius 1 is 0.923 bits per heavy atom. The van der Waals surface area contributed by atoms with Crippen LogP contribution in [-0.2, 0) is 0 Å². The molecule has 1 N–H and O–H groups in total. The van der Waals surface area contributed by atoms with Crippen molar-refractivity contribution in [3.63, 3.8) is 0 Å². The third kappa shape index (κ3) is 7.88. The Hall–Kier alpha value is -0.470. The fraction of sp³-hybridized carbons (Fsp3) is 0.455. The number of hydrogen-bond donors (Lipinski definition) is 1. The summed E-state index contributed by atoms with van der Waals surface area (Å²) >= 11 is 0.777. The van der Waals surface area contributed by atoms with Crippen LogP contribution in [0, 0.1) is 6.92 Å². The van der Waals surface area contributed by atoms with E-state index < -0.39 is 0 Å². The molecule has 2 heteroatoms. The van der Waals surface area contributed by atoms with Crippen molar-refractivity contribution in [2.24, 2.45) is 0 Å². The predicted octanol–water partition coefficient (Wildman–Crippen LogP) is 4.61. The molecule has 1 rings (SSSR count). The lowest BCUT2D eigenvalue weighted by Crippen LogP contribution is -1.70. The molecule has 13 heavy (non-hydrogen) atoms. The minimum atomic E-state index is 0.777. The van der Waals surface area contributed by atoms with E-state index in [0.717, 1.165) is 16.9 Å². The van der Waals surface area contributed by atoms with Gasteiger partial charge < -0.3 is 4.55 Å². The molecule has 0 unspecified atom stereocenters. The first kappa shape index (κ1) is 15.0. The van der Waals surface area contributed by atoms with Crippen LogP contribution in [0.3, 0.4) is 0 Å². The molecule has 0 spiro atoms. The zero-order valence-electron chi connectivity index (χ0n) is 9.16. The fourth-order valence-electron chi connectivity index (χ4n) is 0.599. The van der Waals surface area contributed by atoms with Crippen LogP contribution in [0.2, 0.25) is 0 Å². The van der Waals surface area contributed by atoms with Gasteiger partial charge in [-0.15, -0.1) is 0 Å². The maximum Gasteiger partial charge on any atom is 0.0350 e. The molecule has 0 atom stereocenters. The molecular formula is C11H20OS. The van der Waals surface area contributed by atoms with Gasteiger partial charge in [0.15, 0.2) is 0 Å². The van der Waals surface area contributed by atoms with E-state index in [4.69, 9.17) is 4.55 Å². The Labute approximate surface area is 86.4 Å². The largest absolute Gasteiger partial charge is 0.325 e. The number of hydrogen-bond acceptors (Lipinski definition) is 2. The van der Waals surface area contributed by atoms with Crippen LogP contribution in [0.15, 0.2) is 29.2 Å². The molecule has 0 heterocycles. The Kier molecular flexibility index (Phi) is 13.3. The van der Waals surface area contributed by atoms with Crippen molar-refractivity contribution in [2.45, 2.75) is 39.5 Å². The zero-order valence-corrected chi connectivity index (χ0v) is 9.98. The minimum Gasteiger partial charge on any atom is -0.325 e. The van der Waals surface area contributed by atoms with Gasteiger partial charge in [-0.3, -0.25) is 0 Å². The molecular weight excluding hydrogens is 180 g/mol. The highest BCUT2D eigenvalue weighted by Gasteiger charge is 1.87. The third-order valence-corrected chi connectivity index (χ3v) is 1.61. The van der Waals surface area contributed by atoms with E-state index >= 15 is 0 Å². The van der Waals surface area contributed by atoms with Gasteiger partial charge in [0.05, 0.1) is 0 Å². The van der Waals surface area contributed by atoms with E-state index in [1.807, 2.05) is 58.9 Å². The van der Waals surface area contributed by atoms with Crippen molar-refractivity contribution in [1.29, 1.82) is 0 Å². The molecule has 0 radical (unpaired) electrons. The second kappa shape index (κ2) is 11.5. The highest BCUT2D eigenvalue weighted by Crippen LogP contribution is 2.13. The van der Waals surface area contributed by atoms with Gasteiger partial charge >= 0.3 is 0 Å². The maximum absolute atomic E-state index is 8.55. The summed E-state index contributed by atoms with van der Waals surface area (Å²) in [5.74, 6) is 0. The smallest absolute Gasteiger partial charge is 0.0350 e. The van der Waals surface area contributed by atoms with Crippen LogP contribution >= 0.6 is 12.0 Å². The lowest BCUT2D eigenvalue weighted by molar-refractivity contribution is 0.664. The van der Waals surface area contributed by atoms with Crippen LogP contribution < -0.4 is 0 Å². The van der Waals surface area contributed by atoms with Gasteiger partial charge in [-0.2, -0.15) is 0 Å². The molecule has 0 amide bonds. The molecule has 0 aromatic heterocycles. The van der Waals surface area contributed by atoms with Gasteiger partial charge in [0.2, 0.25) is 0 Å². The Morgan fingerprint density at radius 2 is 1.31 bits per heavy atom. The molecule has 1 aromatic carbocycles. The topological polar surface area (TPSA) is 20.2 Å². The van der Waals surface area contributed by atoms with Crippen molar-refractivity contribution >= 4 is 12.0 Å². The van der Waals surface area contributed by atoms with Gasteiger partial charge in [-0.25, -0.2) is 0 Å². The molecule has 1 nitrogen and oxygen atoms in total. The van der Waals surface area contributed by atoms with Crippen molar-refractivity contribution < 1.29 is 4.55 Å². The first-order valence-electron chi connectivity index (χ1n) is 4.71. The molecule has 1 aromatic rings. The average Bonchev–Trinajstić information content (AvgIpc) is 2.25. The zero-order chi connectivity index (χ0) is 10.7. The monoisotopic (exact) mass is 200 g/mol. The lowest BCUT2D eigenvalue weighted by Gasteiger charge is -1.92. The summed E-state index contributed by atoms with van der Waals surface area (Å²) in [6.45, 7) is 10.0. The first-order valence-corrected chi connectivity index (χ1v) is 5.48. The second-order valence-electron chi connectivity index (χ2n) is 1.90. The molecule has 0 bridgehead atoms. The van der Waals surface area contributed by atoms with E-state index in [9.17, 15) is 0 Å². The third-order valence-electron chi connectivity index (χ3n) is 1.13. The highest BCUT2D eigenvalue weighted by molar-refractivity contribution is 7.93. The first-order chi connectivity index (χ1) is 6.33. The van der Waals surface area contributed by atoms with Crippen LogP contribution in [0.1, 0.15) is 33.3 Å². The normalized spacial score (nSPS) is 7.54.